The van der Waals surface area contributed by atoms with Crippen molar-refractivity contribution < 1.29 is 14.7 Å². The van der Waals surface area contributed by atoms with E-state index in [0.717, 1.165) is 16.7 Å². The molecule has 4 aromatic rings. The van der Waals surface area contributed by atoms with E-state index in [1.165, 1.54) is 4.90 Å². The highest BCUT2D eigenvalue weighted by molar-refractivity contribution is 6.05. The highest BCUT2D eigenvalue weighted by Crippen LogP contribution is 2.23. The van der Waals surface area contributed by atoms with Crippen LogP contribution in [-0.2, 0) is 13.1 Å². The van der Waals surface area contributed by atoms with E-state index in [0.29, 0.717) is 16.9 Å². The molecule has 2 aromatic heterocycles. The average molecular weight is 454 g/mol. The molecule has 0 unspecified atom stereocenters. The Kier molecular flexibility index (Phi) is 6.78. The lowest BCUT2D eigenvalue weighted by Gasteiger charge is -2.19. The Morgan fingerprint density at radius 1 is 0.882 bits per heavy atom. The van der Waals surface area contributed by atoms with Crippen molar-refractivity contribution in [3.05, 3.63) is 108 Å². The van der Waals surface area contributed by atoms with Gasteiger partial charge in [-0.25, -0.2) is 9.78 Å². The predicted octanol–water partition coefficient (Wildman–Crippen LogP) is 4.66. The number of amides is 2. The summed E-state index contributed by atoms with van der Waals surface area (Å²) in [5.41, 5.74) is 9.95. The van der Waals surface area contributed by atoms with Crippen molar-refractivity contribution in [3.63, 3.8) is 0 Å². The Balaban J connectivity index is 1.44. The summed E-state index contributed by atoms with van der Waals surface area (Å²) in [6.45, 7) is 0.397. The predicted molar refractivity (Wildman–Crippen MR) is 130 cm³/mol. The highest BCUT2D eigenvalue weighted by atomic mass is 16.4. The number of pyridine rings is 2. The summed E-state index contributed by atoms with van der Waals surface area (Å²) in [6, 6.07) is 23.4. The average Bonchev–Trinajstić information content (AvgIpc) is 2.86. The number of nitrogens with one attached hydrogen (secondary N) is 1. The third kappa shape index (κ3) is 5.55. The molecule has 0 saturated heterocycles. The molecule has 0 radical (unpaired) electrons. The van der Waals surface area contributed by atoms with Crippen LogP contribution < -0.4 is 11.1 Å². The summed E-state index contributed by atoms with van der Waals surface area (Å²) in [5.74, 6) is -0.0784. The number of benzene rings is 2. The summed E-state index contributed by atoms with van der Waals surface area (Å²) in [6.07, 6.45) is 2.24. The minimum absolute atomic E-state index is 0.180. The number of anilines is 2. The molecule has 0 saturated carbocycles. The minimum atomic E-state index is -1.04. The summed E-state index contributed by atoms with van der Waals surface area (Å²) in [4.78, 5) is 34.2. The van der Waals surface area contributed by atoms with Crippen LogP contribution in [0.3, 0.4) is 0 Å². The van der Waals surface area contributed by atoms with Gasteiger partial charge in [-0.3, -0.25) is 14.7 Å². The smallest absolute Gasteiger partial charge is 0.407 e. The number of hydrogen-bond acceptors (Lipinski definition) is 5. The molecule has 2 heterocycles. The maximum Gasteiger partial charge on any atom is 0.407 e. The van der Waals surface area contributed by atoms with Gasteiger partial charge in [-0.1, -0.05) is 48.5 Å². The van der Waals surface area contributed by atoms with Gasteiger partial charge in [-0.05, 0) is 41.5 Å². The van der Waals surface area contributed by atoms with Gasteiger partial charge in [0.15, 0.2) is 5.82 Å². The summed E-state index contributed by atoms with van der Waals surface area (Å²) in [5, 5.41) is 12.3. The highest BCUT2D eigenvalue weighted by Gasteiger charge is 2.15. The van der Waals surface area contributed by atoms with E-state index in [1.54, 1.807) is 54.9 Å². The van der Waals surface area contributed by atoms with Crippen molar-refractivity contribution in [2.75, 3.05) is 11.1 Å². The van der Waals surface area contributed by atoms with E-state index < -0.39 is 6.09 Å². The zero-order valence-electron chi connectivity index (χ0n) is 18.3. The molecule has 0 aliphatic rings. The molecule has 0 bridgehead atoms. The first-order valence-corrected chi connectivity index (χ1v) is 10.6. The van der Waals surface area contributed by atoms with Crippen LogP contribution in [0.1, 0.15) is 21.5 Å². The van der Waals surface area contributed by atoms with Gasteiger partial charge in [0.05, 0.1) is 17.9 Å². The molecule has 0 aliphatic heterocycles. The fourth-order valence-corrected chi connectivity index (χ4v) is 3.40. The molecular formula is C26H23N5O3. The van der Waals surface area contributed by atoms with Crippen molar-refractivity contribution in [2.24, 2.45) is 0 Å². The molecule has 4 N–H and O–H groups in total. The molecule has 8 heteroatoms. The van der Waals surface area contributed by atoms with Crippen molar-refractivity contribution in [3.8, 4) is 11.3 Å². The molecule has 34 heavy (non-hydrogen) atoms. The molecule has 0 aliphatic carbocycles. The molecule has 170 valence electrons. The van der Waals surface area contributed by atoms with Gasteiger partial charge in [0.1, 0.15) is 0 Å². The lowest BCUT2D eigenvalue weighted by Crippen LogP contribution is -2.28. The second kappa shape index (κ2) is 10.3. The van der Waals surface area contributed by atoms with E-state index >= 15 is 0 Å². The second-order valence-corrected chi connectivity index (χ2v) is 7.65. The first kappa shape index (κ1) is 22.5. The molecule has 2 aromatic carbocycles. The molecule has 0 spiro atoms. The number of carbonyl (C=O) groups excluding carboxylic acids is 1. The lowest BCUT2D eigenvalue weighted by molar-refractivity contribution is 0.102. The molecule has 0 fully saturated rings. The lowest BCUT2D eigenvalue weighted by atomic mass is 10.1. The van der Waals surface area contributed by atoms with Crippen LogP contribution in [0.25, 0.3) is 11.3 Å². The monoisotopic (exact) mass is 453 g/mol. The van der Waals surface area contributed by atoms with E-state index in [-0.39, 0.29) is 24.8 Å². The fraction of sp³-hybridized carbons (Fsp3) is 0.0769. The quantitative estimate of drug-likeness (QED) is 0.374. The maximum atomic E-state index is 12.8. The molecule has 8 nitrogen and oxygen atoms in total. The van der Waals surface area contributed by atoms with Gasteiger partial charge in [0, 0.05) is 30.1 Å². The Morgan fingerprint density at radius 2 is 1.62 bits per heavy atom. The minimum Gasteiger partial charge on any atom is -0.465 e. The maximum absolute atomic E-state index is 12.8. The molecule has 2 amide bonds. The van der Waals surface area contributed by atoms with Crippen LogP contribution in [0.2, 0.25) is 0 Å². The Hall–Kier alpha value is -4.72. The van der Waals surface area contributed by atoms with E-state index in [9.17, 15) is 14.7 Å². The van der Waals surface area contributed by atoms with Crippen molar-refractivity contribution in [1.82, 2.24) is 14.9 Å². The SMILES string of the molecule is Nc1ccc(-c2ccccc2)nc1NC(=O)c1ccc(CN(Cc2cccnc2)C(=O)O)cc1. The molecular weight excluding hydrogens is 430 g/mol. The van der Waals surface area contributed by atoms with Crippen LogP contribution in [0.15, 0.2) is 91.3 Å². The fourth-order valence-electron chi connectivity index (χ4n) is 3.40. The van der Waals surface area contributed by atoms with Crippen molar-refractivity contribution in [2.45, 2.75) is 13.1 Å². The molecule has 0 atom stereocenters. The largest absolute Gasteiger partial charge is 0.465 e. The van der Waals surface area contributed by atoms with Crippen molar-refractivity contribution in [1.29, 1.82) is 0 Å². The number of nitrogens with two attached hydrogens (primary N) is 1. The van der Waals surface area contributed by atoms with E-state index in [4.69, 9.17) is 5.73 Å². The van der Waals surface area contributed by atoms with Crippen LogP contribution >= 0.6 is 0 Å². The number of hydrogen-bond donors (Lipinski definition) is 3. The van der Waals surface area contributed by atoms with Gasteiger partial charge in [-0.2, -0.15) is 0 Å². The number of aromatic nitrogens is 2. The van der Waals surface area contributed by atoms with E-state index in [2.05, 4.69) is 15.3 Å². The van der Waals surface area contributed by atoms with Crippen LogP contribution in [-0.4, -0.2) is 32.0 Å². The Bertz CT molecular complexity index is 1280. The standard InChI is InChI=1S/C26H23N5O3/c27-22-12-13-23(20-6-2-1-3-7-20)29-24(22)30-25(32)21-10-8-18(9-11-21)16-31(26(33)34)17-19-5-4-14-28-15-19/h1-15H,16-17,27H2,(H,33,34)(H,29,30,32). The zero-order valence-corrected chi connectivity index (χ0v) is 18.3. The first-order chi connectivity index (χ1) is 16.5. The zero-order chi connectivity index (χ0) is 23.9. The number of carbonyl (C=O) groups is 2. The third-order valence-electron chi connectivity index (χ3n) is 5.18. The third-order valence-corrected chi connectivity index (χ3v) is 5.18. The van der Waals surface area contributed by atoms with E-state index in [1.807, 2.05) is 36.4 Å². The van der Waals surface area contributed by atoms with Gasteiger partial charge in [0.25, 0.3) is 5.91 Å². The van der Waals surface area contributed by atoms with Gasteiger partial charge >= 0.3 is 6.09 Å². The number of nitrogens with zero attached hydrogens (tertiary/aromatic N) is 3. The Morgan fingerprint density at radius 3 is 2.29 bits per heavy atom. The van der Waals surface area contributed by atoms with Gasteiger partial charge < -0.3 is 16.2 Å². The Labute approximate surface area is 196 Å². The molecule has 4 rings (SSSR count). The normalized spacial score (nSPS) is 10.5. The van der Waals surface area contributed by atoms with Crippen LogP contribution in [0, 0.1) is 0 Å². The number of nitrogen functional groups attached to an aromatic ring is 1. The number of rotatable bonds is 7. The summed E-state index contributed by atoms with van der Waals surface area (Å²) >= 11 is 0. The van der Waals surface area contributed by atoms with Gasteiger partial charge in [-0.15, -0.1) is 0 Å². The summed E-state index contributed by atoms with van der Waals surface area (Å²) in [7, 11) is 0. The van der Waals surface area contributed by atoms with Crippen molar-refractivity contribution >= 4 is 23.5 Å². The van der Waals surface area contributed by atoms with Gasteiger partial charge in [0.2, 0.25) is 0 Å². The summed E-state index contributed by atoms with van der Waals surface area (Å²) < 4.78 is 0. The second-order valence-electron chi connectivity index (χ2n) is 7.65. The topological polar surface area (TPSA) is 121 Å². The van der Waals surface area contributed by atoms with Crippen LogP contribution in [0.5, 0.6) is 0 Å². The number of carboxylic acid groups (broad SMARTS) is 1. The van der Waals surface area contributed by atoms with Crippen LogP contribution in [0.4, 0.5) is 16.3 Å². The first-order valence-electron chi connectivity index (χ1n) is 10.6.